The standard InChI is InChI=1S/C11H21NO/c1-11(6-3-7-11)8-12-9-4-2-5-10(9)13/h9-10,12-13H,2-8H2,1H3/t9-,10-/m0/s1. The topological polar surface area (TPSA) is 32.3 Å². The predicted octanol–water partition coefficient (Wildman–Crippen LogP) is 1.68. The van der Waals surface area contributed by atoms with Crippen LogP contribution in [0.2, 0.25) is 0 Å². The summed E-state index contributed by atoms with van der Waals surface area (Å²) in [5.41, 5.74) is 0.544. The van der Waals surface area contributed by atoms with Crippen LogP contribution in [0.25, 0.3) is 0 Å². The molecule has 76 valence electrons. The molecule has 0 amide bonds. The number of aliphatic hydroxyl groups excluding tert-OH is 1. The van der Waals surface area contributed by atoms with Crippen LogP contribution in [0.5, 0.6) is 0 Å². The summed E-state index contributed by atoms with van der Waals surface area (Å²) in [5.74, 6) is 0. The van der Waals surface area contributed by atoms with Crippen LogP contribution in [0.4, 0.5) is 0 Å². The van der Waals surface area contributed by atoms with Gasteiger partial charge in [0.25, 0.3) is 0 Å². The Bertz CT molecular complexity index is 177. The molecule has 0 saturated heterocycles. The summed E-state index contributed by atoms with van der Waals surface area (Å²) in [5, 5.41) is 13.1. The van der Waals surface area contributed by atoms with Crippen molar-refractivity contribution in [1.29, 1.82) is 0 Å². The summed E-state index contributed by atoms with van der Waals surface area (Å²) in [6.45, 7) is 3.46. The number of nitrogens with one attached hydrogen (secondary N) is 1. The minimum absolute atomic E-state index is 0.0799. The maximum atomic E-state index is 9.61. The quantitative estimate of drug-likeness (QED) is 0.697. The Hall–Kier alpha value is -0.0800. The van der Waals surface area contributed by atoms with Crippen molar-refractivity contribution in [2.45, 2.75) is 57.6 Å². The number of rotatable bonds is 3. The van der Waals surface area contributed by atoms with Crippen LogP contribution >= 0.6 is 0 Å². The summed E-state index contributed by atoms with van der Waals surface area (Å²) in [6.07, 6.45) is 7.39. The van der Waals surface area contributed by atoms with Gasteiger partial charge in [0, 0.05) is 12.6 Å². The zero-order chi connectivity index (χ0) is 9.31. The Labute approximate surface area is 80.7 Å². The van der Waals surface area contributed by atoms with E-state index in [1.54, 1.807) is 0 Å². The third kappa shape index (κ3) is 2.05. The second kappa shape index (κ2) is 3.58. The maximum Gasteiger partial charge on any atom is 0.0693 e. The van der Waals surface area contributed by atoms with E-state index in [4.69, 9.17) is 0 Å². The van der Waals surface area contributed by atoms with E-state index in [1.807, 2.05) is 0 Å². The second-order valence-corrected chi connectivity index (χ2v) is 5.15. The Morgan fingerprint density at radius 2 is 2.08 bits per heavy atom. The monoisotopic (exact) mass is 183 g/mol. The smallest absolute Gasteiger partial charge is 0.0693 e. The van der Waals surface area contributed by atoms with Crippen molar-refractivity contribution < 1.29 is 5.11 Å². The summed E-state index contributed by atoms with van der Waals surface area (Å²) in [4.78, 5) is 0. The first-order valence-corrected chi connectivity index (χ1v) is 5.61. The lowest BCUT2D eigenvalue weighted by Crippen LogP contribution is -2.44. The molecule has 13 heavy (non-hydrogen) atoms. The highest BCUT2D eigenvalue weighted by Gasteiger charge is 2.33. The molecule has 0 bridgehead atoms. The summed E-state index contributed by atoms with van der Waals surface area (Å²) < 4.78 is 0. The summed E-state index contributed by atoms with van der Waals surface area (Å²) in [7, 11) is 0. The van der Waals surface area contributed by atoms with Crippen LogP contribution in [-0.4, -0.2) is 23.8 Å². The van der Waals surface area contributed by atoms with Crippen LogP contribution in [0.1, 0.15) is 45.4 Å². The largest absolute Gasteiger partial charge is 0.392 e. The van der Waals surface area contributed by atoms with Gasteiger partial charge in [0.1, 0.15) is 0 Å². The SMILES string of the molecule is CC1(CN[C@H]2CCC[C@@H]2O)CCC1. The highest BCUT2D eigenvalue weighted by atomic mass is 16.3. The van der Waals surface area contributed by atoms with E-state index < -0.39 is 0 Å². The molecule has 0 spiro atoms. The van der Waals surface area contributed by atoms with Gasteiger partial charge < -0.3 is 10.4 Å². The molecule has 0 aromatic heterocycles. The lowest BCUT2D eigenvalue weighted by molar-refractivity contribution is 0.114. The molecular weight excluding hydrogens is 162 g/mol. The number of aliphatic hydroxyl groups is 1. The van der Waals surface area contributed by atoms with Gasteiger partial charge in [-0.25, -0.2) is 0 Å². The predicted molar refractivity (Wildman–Crippen MR) is 53.6 cm³/mol. The van der Waals surface area contributed by atoms with E-state index in [-0.39, 0.29) is 6.10 Å². The molecular formula is C11H21NO. The van der Waals surface area contributed by atoms with E-state index in [9.17, 15) is 5.11 Å². The van der Waals surface area contributed by atoms with Crippen molar-refractivity contribution in [3.8, 4) is 0 Å². The number of hydrogen-bond donors (Lipinski definition) is 2. The summed E-state index contributed by atoms with van der Waals surface area (Å²) >= 11 is 0. The van der Waals surface area contributed by atoms with E-state index in [2.05, 4.69) is 12.2 Å². The molecule has 2 atom stereocenters. The zero-order valence-electron chi connectivity index (χ0n) is 8.55. The Morgan fingerprint density at radius 3 is 2.54 bits per heavy atom. The molecule has 0 radical (unpaired) electrons. The fourth-order valence-corrected chi connectivity index (χ4v) is 2.51. The summed E-state index contributed by atoms with van der Waals surface area (Å²) in [6, 6.07) is 0.387. The lowest BCUT2D eigenvalue weighted by atomic mass is 9.70. The molecule has 2 saturated carbocycles. The van der Waals surface area contributed by atoms with Crippen LogP contribution in [0.3, 0.4) is 0 Å². The third-order valence-electron chi connectivity index (χ3n) is 3.83. The molecule has 0 aliphatic heterocycles. The van der Waals surface area contributed by atoms with Crippen molar-refractivity contribution in [1.82, 2.24) is 5.32 Å². The van der Waals surface area contributed by atoms with E-state index in [0.29, 0.717) is 11.5 Å². The van der Waals surface area contributed by atoms with E-state index >= 15 is 0 Å². The van der Waals surface area contributed by atoms with Crippen molar-refractivity contribution >= 4 is 0 Å². The number of hydrogen-bond acceptors (Lipinski definition) is 2. The lowest BCUT2D eigenvalue weighted by Gasteiger charge is -2.39. The van der Waals surface area contributed by atoms with E-state index in [1.165, 1.54) is 25.7 Å². The van der Waals surface area contributed by atoms with Gasteiger partial charge >= 0.3 is 0 Å². The molecule has 2 rings (SSSR count). The zero-order valence-corrected chi connectivity index (χ0v) is 8.55. The normalized spacial score (nSPS) is 37.4. The van der Waals surface area contributed by atoms with Crippen molar-refractivity contribution in [2.24, 2.45) is 5.41 Å². The molecule has 0 unspecified atom stereocenters. The van der Waals surface area contributed by atoms with Gasteiger partial charge in [-0.1, -0.05) is 13.3 Å². The van der Waals surface area contributed by atoms with Crippen molar-refractivity contribution in [3.05, 3.63) is 0 Å². The van der Waals surface area contributed by atoms with Gasteiger partial charge in [-0.3, -0.25) is 0 Å². The van der Waals surface area contributed by atoms with Crippen molar-refractivity contribution in [2.75, 3.05) is 6.54 Å². The van der Waals surface area contributed by atoms with Gasteiger partial charge in [-0.15, -0.1) is 0 Å². The van der Waals surface area contributed by atoms with Gasteiger partial charge in [0.2, 0.25) is 0 Å². The highest BCUT2D eigenvalue weighted by molar-refractivity contribution is 4.89. The molecule has 2 aliphatic rings. The molecule has 2 N–H and O–H groups in total. The Morgan fingerprint density at radius 1 is 1.31 bits per heavy atom. The first kappa shape index (κ1) is 9.47. The van der Waals surface area contributed by atoms with E-state index in [0.717, 1.165) is 19.4 Å². The van der Waals surface area contributed by atoms with Crippen LogP contribution in [0.15, 0.2) is 0 Å². The van der Waals surface area contributed by atoms with Crippen molar-refractivity contribution in [3.63, 3.8) is 0 Å². The van der Waals surface area contributed by atoms with Crippen LogP contribution in [0, 0.1) is 5.41 Å². The first-order valence-electron chi connectivity index (χ1n) is 5.61. The fourth-order valence-electron chi connectivity index (χ4n) is 2.51. The van der Waals surface area contributed by atoms with Crippen LogP contribution < -0.4 is 5.32 Å². The molecule has 0 heterocycles. The molecule has 2 aliphatic carbocycles. The highest BCUT2D eigenvalue weighted by Crippen LogP contribution is 2.39. The maximum absolute atomic E-state index is 9.61. The molecule has 2 nitrogen and oxygen atoms in total. The minimum Gasteiger partial charge on any atom is -0.392 e. The van der Waals surface area contributed by atoms with Gasteiger partial charge in [-0.05, 0) is 37.5 Å². The molecule has 2 heteroatoms. The third-order valence-corrected chi connectivity index (χ3v) is 3.83. The first-order chi connectivity index (χ1) is 6.20. The van der Waals surface area contributed by atoms with Crippen LogP contribution in [-0.2, 0) is 0 Å². The minimum atomic E-state index is -0.0799. The van der Waals surface area contributed by atoms with Gasteiger partial charge in [-0.2, -0.15) is 0 Å². The fraction of sp³-hybridized carbons (Fsp3) is 1.00. The molecule has 0 aromatic rings. The Balaban J connectivity index is 1.72. The van der Waals surface area contributed by atoms with Gasteiger partial charge in [0.05, 0.1) is 6.10 Å². The second-order valence-electron chi connectivity index (χ2n) is 5.15. The Kier molecular flexibility index (Phi) is 2.61. The average molecular weight is 183 g/mol. The average Bonchev–Trinajstić information content (AvgIpc) is 2.44. The van der Waals surface area contributed by atoms with Gasteiger partial charge in [0.15, 0.2) is 0 Å². The molecule has 0 aromatic carbocycles. The molecule has 2 fully saturated rings.